The van der Waals surface area contributed by atoms with Crippen molar-refractivity contribution in [3.8, 4) is 0 Å². The second-order valence-corrected chi connectivity index (χ2v) is 4.07. The molecular formula is C12H19N3. The number of aromatic nitrogens is 1. The molecule has 0 bridgehead atoms. The Balaban J connectivity index is 2.16. The van der Waals surface area contributed by atoms with E-state index < -0.39 is 0 Å². The number of rotatable bonds is 2. The van der Waals surface area contributed by atoms with Gasteiger partial charge in [-0.2, -0.15) is 0 Å². The summed E-state index contributed by atoms with van der Waals surface area (Å²) in [6, 6.07) is 4.69. The van der Waals surface area contributed by atoms with Crippen LogP contribution in [0.1, 0.15) is 37.3 Å². The van der Waals surface area contributed by atoms with Crippen LogP contribution in [0.5, 0.6) is 0 Å². The molecule has 0 saturated carbocycles. The molecular weight excluding hydrogens is 186 g/mol. The molecule has 2 rings (SSSR count). The summed E-state index contributed by atoms with van der Waals surface area (Å²) in [5.41, 5.74) is 4.63. The zero-order valence-corrected chi connectivity index (χ0v) is 9.32. The summed E-state index contributed by atoms with van der Waals surface area (Å²) in [6.07, 6.45) is 9.00. The first-order valence-corrected chi connectivity index (χ1v) is 5.76. The summed E-state index contributed by atoms with van der Waals surface area (Å²) in [5.74, 6) is 0. The predicted molar refractivity (Wildman–Crippen MR) is 61.2 cm³/mol. The summed E-state index contributed by atoms with van der Waals surface area (Å²) >= 11 is 0. The van der Waals surface area contributed by atoms with Crippen LogP contribution in [0.2, 0.25) is 0 Å². The molecule has 15 heavy (non-hydrogen) atoms. The molecule has 1 saturated heterocycles. The van der Waals surface area contributed by atoms with Crippen LogP contribution in [0.15, 0.2) is 24.5 Å². The molecule has 1 N–H and O–H groups in total. The standard InChI is InChI=1S/C12H19N3/c1-13-15-9-4-2-3-7-12(15)11-6-5-8-14-10-11/h5-6,8,10,12-13H,2-4,7,9H2,1H3/t12-/m1/s1. The minimum absolute atomic E-state index is 0.492. The normalized spacial score (nSPS) is 23.7. The molecule has 0 aliphatic carbocycles. The zero-order chi connectivity index (χ0) is 10.5. The van der Waals surface area contributed by atoms with Gasteiger partial charge < -0.3 is 0 Å². The molecule has 0 spiro atoms. The number of hydrazine groups is 1. The van der Waals surface area contributed by atoms with Crippen molar-refractivity contribution in [2.45, 2.75) is 31.7 Å². The highest BCUT2D eigenvalue weighted by atomic mass is 15.5. The number of nitrogens with zero attached hydrogens (tertiary/aromatic N) is 2. The third-order valence-corrected chi connectivity index (χ3v) is 3.11. The smallest absolute Gasteiger partial charge is 0.0508 e. The van der Waals surface area contributed by atoms with Gasteiger partial charge in [0.05, 0.1) is 6.04 Å². The maximum Gasteiger partial charge on any atom is 0.0508 e. The quantitative estimate of drug-likeness (QED) is 0.801. The highest BCUT2D eigenvalue weighted by molar-refractivity contribution is 5.14. The van der Waals surface area contributed by atoms with Crippen molar-refractivity contribution in [2.75, 3.05) is 13.6 Å². The van der Waals surface area contributed by atoms with Gasteiger partial charge in [-0.25, -0.2) is 5.01 Å². The lowest BCUT2D eigenvalue weighted by molar-refractivity contribution is 0.142. The van der Waals surface area contributed by atoms with E-state index in [1.807, 2.05) is 25.5 Å². The van der Waals surface area contributed by atoms with Crippen LogP contribution in [0, 0.1) is 0 Å². The molecule has 1 aromatic heterocycles. The second-order valence-electron chi connectivity index (χ2n) is 4.07. The van der Waals surface area contributed by atoms with Crippen LogP contribution in [-0.4, -0.2) is 23.6 Å². The molecule has 82 valence electrons. The summed E-state index contributed by atoms with van der Waals surface area (Å²) in [4.78, 5) is 4.20. The second kappa shape index (κ2) is 5.24. The van der Waals surface area contributed by atoms with Gasteiger partial charge in [0.15, 0.2) is 0 Å². The minimum Gasteiger partial charge on any atom is -0.264 e. The van der Waals surface area contributed by atoms with E-state index in [2.05, 4.69) is 21.5 Å². The number of pyridine rings is 1. The van der Waals surface area contributed by atoms with Crippen LogP contribution in [-0.2, 0) is 0 Å². The van der Waals surface area contributed by atoms with Gasteiger partial charge >= 0.3 is 0 Å². The Labute approximate surface area is 91.5 Å². The van der Waals surface area contributed by atoms with E-state index in [1.54, 1.807) is 0 Å². The Hall–Kier alpha value is -0.930. The molecule has 0 aromatic carbocycles. The third kappa shape index (κ3) is 2.55. The average Bonchev–Trinajstić information content (AvgIpc) is 2.55. The number of nitrogens with one attached hydrogen (secondary N) is 1. The van der Waals surface area contributed by atoms with Crippen molar-refractivity contribution in [1.82, 2.24) is 15.4 Å². The van der Waals surface area contributed by atoms with Gasteiger partial charge in [0, 0.05) is 18.9 Å². The molecule has 0 unspecified atom stereocenters. The number of hydrogen-bond acceptors (Lipinski definition) is 3. The Morgan fingerprint density at radius 2 is 2.33 bits per heavy atom. The van der Waals surface area contributed by atoms with Crippen LogP contribution in [0.25, 0.3) is 0 Å². The first kappa shape index (κ1) is 10.6. The SMILES string of the molecule is CNN1CCCCC[C@@H]1c1cccnc1. The van der Waals surface area contributed by atoms with Gasteiger partial charge in [-0.15, -0.1) is 0 Å². The lowest BCUT2D eigenvalue weighted by Gasteiger charge is -2.28. The fourth-order valence-electron chi connectivity index (χ4n) is 2.30. The summed E-state index contributed by atoms with van der Waals surface area (Å²) < 4.78 is 0. The van der Waals surface area contributed by atoms with Crippen LogP contribution >= 0.6 is 0 Å². The van der Waals surface area contributed by atoms with Crippen molar-refractivity contribution >= 4 is 0 Å². The summed E-state index contributed by atoms with van der Waals surface area (Å²) in [5, 5.41) is 2.34. The van der Waals surface area contributed by atoms with Crippen LogP contribution in [0.4, 0.5) is 0 Å². The molecule has 1 aliphatic heterocycles. The van der Waals surface area contributed by atoms with Gasteiger partial charge in [0.25, 0.3) is 0 Å². The molecule has 2 heterocycles. The average molecular weight is 205 g/mol. The van der Waals surface area contributed by atoms with Gasteiger partial charge in [0.1, 0.15) is 0 Å². The zero-order valence-electron chi connectivity index (χ0n) is 9.32. The Morgan fingerprint density at radius 1 is 1.40 bits per heavy atom. The van der Waals surface area contributed by atoms with E-state index in [-0.39, 0.29) is 0 Å². The van der Waals surface area contributed by atoms with Crippen LogP contribution in [0.3, 0.4) is 0 Å². The van der Waals surface area contributed by atoms with Gasteiger partial charge in [0.2, 0.25) is 0 Å². The largest absolute Gasteiger partial charge is 0.264 e. The van der Waals surface area contributed by atoms with E-state index in [0.29, 0.717) is 6.04 Å². The van der Waals surface area contributed by atoms with Crippen molar-refractivity contribution in [3.63, 3.8) is 0 Å². The minimum atomic E-state index is 0.492. The Kier molecular flexibility index (Phi) is 3.69. The van der Waals surface area contributed by atoms with E-state index in [0.717, 1.165) is 6.54 Å². The summed E-state index contributed by atoms with van der Waals surface area (Å²) in [7, 11) is 2.01. The molecule has 3 nitrogen and oxygen atoms in total. The molecule has 1 aromatic rings. The maximum atomic E-state index is 4.20. The molecule has 0 amide bonds. The van der Waals surface area contributed by atoms with Gasteiger partial charge in [-0.05, 0) is 31.5 Å². The van der Waals surface area contributed by atoms with E-state index >= 15 is 0 Å². The lowest BCUT2D eigenvalue weighted by atomic mass is 10.0. The van der Waals surface area contributed by atoms with Crippen molar-refractivity contribution < 1.29 is 0 Å². The summed E-state index contributed by atoms with van der Waals surface area (Å²) in [6.45, 7) is 1.13. The fraction of sp³-hybridized carbons (Fsp3) is 0.583. The number of hydrogen-bond donors (Lipinski definition) is 1. The van der Waals surface area contributed by atoms with Crippen LogP contribution < -0.4 is 5.43 Å². The molecule has 1 aliphatic rings. The van der Waals surface area contributed by atoms with E-state index in [1.165, 1.54) is 31.2 Å². The molecule has 0 radical (unpaired) electrons. The topological polar surface area (TPSA) is 28.2 Å². The first-order chi connectivity index (χ1) is 7.42. The third-order valence-electron chi connectivity index (χ3n) is 3.11. The van der Waals surface area contributed by atoms with Crippen molar-refractivity contribution in [2.24, 2.45) is 0 Å². The highest BCUT2D eigenvalue weighted by Gasteiger charge is 2.21. The van der Waals surface area contributed by atoms with Crippen molar-refractivity contribution in [3.05, 3.63) is 30.1 Å². The highest BCUT2D eigenvalue weighted by Crippen LogP contribution is 2.27. The van der Waals surface area contributed by atoms with E-state index in [4.69, 9.17) is 0 Å². The monoisotopic (exact) mass is 205 g/mol. The Morgan fingerprint density at radius 3 is 3.07 bits per heavy atom. The Bertz CT molecular complexity index is 286. The predicted octanol–water partition coefficient (Wildman–Crippen LogP) is 2.13. The van der Waals surface area contributed by atoms with Gasteiger partial charge in [-0.3, -0.25) is 10.4 Å². The molecule has 1 fully saturated rings. The van der Waals surface area contributed by atoms with Crippen molar-refractivity contribution in [1.29, 1.82) is 0 Å². The molecule has 3 heteroatoms. The lowest BCUT2D eigenvalue weighted by Crippen LogP contribution is -2.38. The fourth-order valence-corrected chi connectivity index (χ4v) is 2.30. The van der Waals surface area contributed by atoms with E-state index in [9.17, 15) is 0 Å². The first-order valence-electron chi connectivity index (χ1n) is 5.76. The maximum absolute atomic E-state index is 4.20. The van der Waals surface area contributed by atoms with Gasteiger partial charge in [-0.1, -0.05) is 18.9 Å². The molecule has 1 atom stereocenters.